The molecule has 0 fully saturated rings. The molecule has 0 bridgehead atoms. The normalized spacial score (nSPS) is 11.8. The van der Waals surface area contributed by atoms with Gasteiger partial charge < -0.3 is 20.0 Å². The van der Waals surface area contributed by atoms with Gasteiger partial charge in [-0.1, -0.05) is 100 Å². The second kappa shape index (κ2) is 17.5. The number of aliphatic hydroxyl groups excluding tert-OH is 2. The predicted molar refractivity (Wildman–Crippen MR) is 179 cm³/mol. The van der Waals surface area contributed by atoms with Crippen LogP contribution in [0.5, 0.6) is 0 Å². The molecule has 4 aromatic rings. The van der Waals surface area contributed by atoms with Crippen LogP contribution in [-0.4, -0.2) is 33.2 Å². The Morgan fingerprint density at radius 2 is 0.698 bits per heavy atom. The summed E-state index contributed by atoms with van der Waals surface area (Å²) < 4.78 is 24.3. The zero-order chi connectivity index (χ0) is 31.9. The first-order valence-electron chi connectivity index (χ1n) is 14.5. The molecule has 0 amide bonds. The number of benzene rings is 4. The van der Waals surface area contributed by atoms with Crippen LogP contribution in [0, 0.1) is 17.3 Å². The van der Waals surface area contributed by atoms with Crippen LogP contribution in [0.15, 0.2) is 121 Å². The molecule has 0 spiro atoms. The summed E-state index contributed by atoms with van der Waals surface area (Å²) in [6.07, 6.45) is 1.80. The van der Waals surface area contributed by atoms with Crippen molar-refractivity contribution in [2.24, 2.45) is 17.3 Å². The minimum atomic E-state index is -3.40. The summed E-state index contributed by atoms with van der Waals surface area (Å²) in [6.45, 7) is 8.70. The molecular weight excluding hydrogens is 578 g/mol. The van der Waals surface area contributed by atoms with Gasteiger partial charge in [-0.3, -0.25) is 9.13 Å². The maximum absolute atomic E-state index is 12.2. The van der Waals surface area contributed by atoms with Gasteiger partial charge in [-0.15, -0.1) is 0 Å². The Kier molecular flexibility index (Phi) is 14.8. The highest BCUT2D eigenvalue weighted by Gasteiger charge is 2.30. The number of rotatable bonds is 10. The van der Waals surface area contributed by atoms with Crippen LogP contribution < -0.4 is 21.2 Å². The second-order valence-electron chi connectivity index (χ2n) is 11.5. The SMILES string of the molecule is CC(C)CC(CO)(CO)CC(C)C.O=P(O)(c1ccccc1)c1ccccc1.O=P(O)(c1ccccc1)c1ccccc1. The molecular formula is C35H46O6P2. The number of hydrogen-bond acceptors (Lipinski definition) is 4. The quantitative estimate of drug-likeness (QED) is 0.164. The van der Waals surface area contributed by atoms with E-state index in [0.717, 1.165) is 12.8 Å². The highest BCUT2D eigenvalue weighted by molar-refractivity contribution is 7.73. The van der Waals surface area contributed by atoms with Gasteiger partial charge in [0.15, 0.2) is 0 Å². The summed E-state index contributed by atoms with van der Waals surface area (Å²) in [5.41, 5.74) is -0.262. The lowest BCUT2D eigenvalue weighted by Gasteiger charge is -2.33. The Hall–Kier alpha value is -2.82. The summed E-state index contributed by atoms with van der Waals surface area (Å²) in [5, 5.41) is 20.5. The van der Waals surface area contributed by atoms with Gasteiger partial charge in [0.2, 0.25) is 0 Å². The summed E-state index contributed by atoms with van der Waals surface area (Å²) in [7, 11) is -6.79. The van der Waals surface area contributed by atoms with Crippen molar-refractivity contribution in [1.29, 1.82) is 0 Å². The van der Waals surface area contributed by atoms with Crippen LogP contribution in [0.1, 0.15) is 40.5 Å². The Bertz CT molecular complexity index is 1210. The minimum Gasteiger partial charge on any atom is -0.396 e. The molecule has 4 rings (SSSR count). The molecule has 0 unspecified atom stereocenters. The third-order valence-corrected chi connectivity index (χ3v) is 10.8. The predicted octanol–water partition coefficient (Wildman–Crippen LogP) is 5.87. The molecule has 4 N–H and O–H groups in total. The van der Waals surface area contributed by atoms with Crippen LogP contribution in [0.2, 0.25) is 0 Å². The molecule has 0 atom stereocenters. The molecule has 4 aromatic carbocycles. The standard InChI is InChI=1S/2C12H11O2P.C11H24O2/c2*13-15(14,11-7-3-1-4-8-11)12-9-5-2-6-10-12;1-9(2)5-11(7-12,8-13)6-10(3)4/h2*1-10H,(H,13,14);9-10,12-13H,5-8H2,1-4H3. The maximum Gasteiger partial charge on any atom is 0.258 e. The van der Waals surface area contributed by atoms with E-state index in [1.54, 1.807) is 97.1 Å². The second-order valence-corrected chi connectivity index (χ2v) is 15.9. The molecule has 6 nitrogen and oxygen atoms in total. The van der Waals surface area contributed by atoms with E-state index >= 15 is 0 Å². The Labute approximate surface area is 257 Å². The average molecular weight is 625 g/mol. The van der Waals surface area contributed by atoms with E-state index in [9.17, 15) is 29.1 Å². The zero-order valence-corrected chi connectivity index (χ0v) is 27.3. The third kappa shape index (κ3) is 11.3. The van der Waals surface area contributed by atoms with Gasteiger partial charge in [-0.2, -0.15) is 0 Å². The van der Waals surface area contributed by atoms with E-state index in [1.165, 1.54) is 0 Å². The molecule has 0 saturated heterocycles. The first kappa shape index (κ1) is 36.4. The van der Waals surface area contributed by atoms with E-state index in [1.807, 2.05) is 24.3 Å². The fraction of sp³-hybridized carbons (Fsp3) is 0.314. The zero-order valence-electron chi connectivity index (χ0n) is 25.5. The first-order valence-corrected chi connectivity index (χ1v) is 17.8. The largest absolute Gasteiger partial charge is 0.396 e. The van der Waals surface area contributed by atoms with Crippen molar-refractivity contribution in [3.8, 4) is 0 Å². The van der Waals surface area contributed by atoms with E-state index in [2.05, 4.69) is 27.7 Å². The molecule has 0 radical (unpaired) electrons. The van der Waals surface area contributed by atoms with Crippen molar-refractivity contribution < 1.29 is 29.1 Å². The van der Waals surface area contributed by atoms with Crippen LogP contribution in [0.4, 0.5) is 0 Å². The van der Waals surface area contributed by atoms with E-state index in [0.29, 0.717) is 33.1 Å². The highest BCUT2D eigenvalue weighted by Crippen LogP contribution is 2.38. The van der Waals surface area contributed by atoms with Crippen LogP contribution in [0.25, 0.3) is 0 Å². The van der Waals surface area contributed by atoms with Crippen molar-refractivity contribution >= 4 is 36.0 Å². The third-order valence-electron chi connectivity index (χ3n) is 6.78. The monoisotopic (exact) mass is 624 g/mol. The van der Waals surface area contributed by atoms with Crippen LogP contribution >= 0.6 is 14.7 Å². The average Bonchev–Trinajstić information content (AvgIpc) is 3.02. The van der Waals surface area contributed by atoms with Crippen LogP contribution in [0.3, 0.4) is 0 Å². The van der Waals surface area contributed by atoms with Gasteiger partial charge in [0.1, 0.15) is 0 Å². The Morgan fingerprint density at radius 1 is 0.488 bits per heavy atom. The smallest absolute Gasteiger partial charge is 0.258 e. The molecule has 43 heavy (non-hydrogen) atoms. The van der Waals surface area contributed by atoms with E-state index < -0.39 is 14.7 Å². The number of hydrogen-bond donors (Lipinski definition) is 4. The molecule has 0 aromatic heterocycles. The lowest BCUT2D eigenvalue weighted by Crippen LogP contribution is -2.33. The molecule has 8 heteroatoms. The topological polar surface area (TPSA) is 115 Å². The molecule has 0 saturated carbocycles. The first-order chi connectivity index (χ1) is 20.4. The van der Waals surface area contributed by atoms with Gasteiger partial charge in [0.05, 0.1) is 13.2 Å². The minimum absolute atomic E-state index is 0.0971. The molecule has 232 valence electrons. The van der Waals surface area contributed by atoms with Gasteiger partial charge in [-0.25, -0.2) is 0 Å². The van der Waals surface area contributed by atoms with Gasteiger partial charge in [0, 0.05) is 26.6 Å². The van der Waals surface area contributed by atoms with E-state index in [4.69, 9.17) is 0 Å². The fourth-order valence-electron chi connectivity index (χ4n) is 4.94. The lowest BCUT2D eigenvalue weighted by atomic mass is 9.75. The van der Waals surface area contributed by atoms with Crippen molar-refractivity contribution in [2.75, 3.05) is 13.2 Å². The van der Waals surface area contributed by atoms with Crippen molar-refractivity contribution in [1.82, 2.24) is 0 Å². The number of aliphatic hydroxyl groups is 2. The Morgan fingerprint density at radius 3 is 0.860 bits per heavy atom. The van der Waals surface area contributed by atoms with E-state index in [-0.39, 0.29) is 18.6 Å². The molecule has 0 aliphatic carbocycles. The van der Waals surface area contributed by atoms with Gasteiger partial charge >= 0.3 is 0 Å². The molecule has 0 aliphatic rings. The van der Waals surface area contributed by atoms with Crippen molar-refractivity contribution in [3.05, 3.63) is 121 Å². The Balaban J connectivity index is 0.000000226. The van der Waals surface area contributed by atoms with Gasteiger partial charge in [-0.05, 0) is 73.2 Å². The molecule has 0 aliphatic heterocycles. The fourth-order valence-corrected chi connectivity index (χ4v) is 7.84. The highest BCUT2D eigenvalue weighted by atomic mass is 31.2. The molecule has 0 heterocycles. The summed E-state index contributed by atoms with van der Waals surface area (Å²) in [6, 6.07) is 34.8. The lowest BCUT2D eigenvalue weighted by molar-refractivity contribution is 0.0198. The van der Waals surface area contributed by atoms with Gasteiger partial charge in [0.25, 0.3) is 14.7 Å². The summed E-state index contributed by atoms with van der Waals surface area (Å²) in [4.78, 5) is 20.0. The summed E-state index contributed by atoms with van der Waals surface area (Å²) >= 11 is 0. The van der Waals surface area contributed by atoms with Crippen molar-refractivity contribution in [2.45, 2.75) is 40.5 Å². The van der Waals surface area contributed by atoms with Crippen LogP contribution in [-0.2, 0) is 9.13 Å². The van der Waals surface area contributed by atoms with Crippen molar-refractivity contribution in [3.63, 3.8) is 0 Å². The maximum atomic E-state index is 12.2. The summed E-state index contributed by atoms with van der Waals surface area (Å²) in [5.74, 6) is 1.05.